The first kappa shape index (κ1) is 10.7. The maximum absolute atomic E-state index is 12.3. The molecular weight excluding hydrogens is 164 g/mol. The largest absolute Gasteiger partial charge is 0.396 e. The van der Waals surface area contributed by atoms with E-state index in [1.54, 1.807) is 0 Å². The van der Waals surface area contributed by atoms with Gasteiger partial charge in [-0.15, -0.1) is 0 Å². The average molecular weight is 174 g/mol. The second-order valence-corrected chi connectivity index (χ2v) is 2.42. The molecular formula is C6H10F4O. The van der Waals surface area contributed by atoms with E-state index in [-0.39, 0.29) is 13.3 Å². The summed E-state index contributed by atoms with van der Waals surface area (Å²) in [6, 6.07) is 0. The minimum absolute atomic E-state index is 0.171. The van der Waals surface area contributed by atoms with Crippen molar-refractivity contribution in [3.8, 4) is 0 Å². The molecule has 0 heterocycles. The Morgan fingerprint density at radius 2 is 1.64 bits per heavy atom. The van der Waals surface area contributed by atoms with Gasteiger partial charge in [0.1, 0.15) is 0 Å². The summed E-state index contributed by atoms with van der Waals surface area (Å²) in [7, 11) is 0. The van der Waals surface area contributed by atoms with Crippen molar-refractivity contribution >= 4 is 0 Å². The molecule has 0 atom stereocenters. The van der Waals surface area contributed by atoms with Crippen LogP contribution in [0.2, 0.25) is 0 Å². The van der Waals surface area contributed by atoms with Crippen molar-refractivity contribution in [1.29, 1.82) is 0 Å². The molecule has 1 nitrogen and oxygen atoms in total. The highest BCUT2D eigenvalue weighted by Gasteiger charge is 2.51. The number of alkyl halides is 4. The van der Waals surface area contributed by atoms with Gasteiger partial charge in [0.2, 0.25) is 0 Å². The molecule has 0 aromatic carbocycles. The molecule has 0 bridgehead atoms. The molecule has 0 saturated heterocycles. The van der Waals surface area contributed by atoms with Gasteiger partial charge >= 0.3 is 11.8 Å². The Morgan fingerprint density at radius 1 is 1.18 bits per heavy atom. The molecule has 0 aliphatic carbocycles. The minimum Gasteiger partial charge on any atom is -0.396 e. The molecule has 0 aliphatic heterocycles. The maximum Gasteiger partial charge on any atom is 0.310 e. The molecule has 0 rings (SSSR count). The summed E-state index contributed by atoms with van der Waals surface area (Å²) in [5.74, 6) is -8.00. The summed E-state index contributed by atoms with van der Waals surface area (Å²) in [6.45, 7) is -0.323. The van der Waals surface area contributed by atoms with Crippen LogP contribution in [-0.4, -0.2) is 23.6 Å². The van der Waals surface area contributed by atoms with Gasteiger partial charge in [-0.05, 0) is 6.42 Å². The van der Waals surface area contributed by atoms with Crippen LogP contribution in [0.3, 0.4) is 0 Å². The lowest BCUT2D eigenvalue weighted by Gasteiger charge is -2.22. The first-order valence-corrected chi connectivity index (χ1v) is 3.18. The van der Waals surface area contributed by atoms with E-state index in [0.717, 1.165) is 0 Å². The fraction of sp³-hybridized carbons (Fsp3) is 1.00. The number of aliphatic hydroxyl groups is 1. The van der Waals surface area contributed by atoms with E-state index in [4.69, 9.17) is 5.11 Å². The molecule has 5 heteroatoms. The summed E-state index contributed by atoms with van der Waals surface area (Å²) in [6.07, 6.45) is -1.29. The van der Waals surface area contributed by atoms with E-state index >= 15 is 0 Å². The van der Waals surface area contributed by atoms with E-state index < -0.39 is 24.9 Å². The van der Waals surface area contributed by atoms with Crippen LogP contribution in [0, 0.1) is 0 Å². The summed E-state index contributed by atoms with van der Waals surface area (Å²) < 4.78 is 48.5. The van der Waals surface area contributed by atoms with Gasteiger partial charge in [0.05, 0.1) is 0 Å². The Balaban J connectivity index is 4.00. The van der Waals surface area contributed by atoms with Gasteiger partial charge in [0, 0.05) is 20.0 Å². The molecule has 0 amide bonds. The topological polar surface area (TPSA) is 20.2 Å². The van der Waals surface area contributed by atoms with Crippen LogP contribution >= 0.6 is 0 Å². The van der Waals surface area contributed by atoms with Gasteiger partial charge in [0.25, 0.3) is 0 Å². The van der Waals surface area contributed by atoms with Crippen LogP contribution < -0.4 is 0 Å². The van der Waals surface area contributed by atoms with Gasteiger partial charge in [-0.2, -0.15) is 8.78 Å². The Morgan fingerprint density at radius 3 is 1.91 bits per heavy atom. The summed E-state index contributed by atoms with van der Waals surface area (Å²) in [5, 5.41) is 8.12. The predicted molar refractivity (Wildman–Crippen MR) is 31.9 cm³/mol. The first-order chi connectivity index (χ1) is 4.81. The molecule has 68 valence electrons. The lowest BCUT2D eigenvalue weighted by Crippen LogP contribution is -2.37. The fourth-order valence-corrected chi connectivity index (χ4v) is 0.521. The number of rotatable bonds is 4. The number of hydrogen-bond donors (Lipinski definition) is 1. The second kappa shape index (κ2) is 3.38. The van der Waals surface area contributed by atoms with Gasteiger partial charge in [-0.25, -0.2) is 8.78 Å². The highest BCUT2D eigenvalue weighted by atomic mass is 19.3. The van der Waals surface area contributed by atoms with Gasteiger partial charge in [-0.1, -0.05) is 0 Å². The lowest BCUT2D eigenvalue weighted by atomic mass is 10.1. The van der Waals surface area contributed by atoms with Crippen LogP contribution in [0.25, 0.3) is 0 Å². The molecule has 0 radical (unpaired) electrons. The van der Waals surface area contributed by atoms with Gasteiger partial charge < -0.3 is 5.11 Å². The van der Waals surface area contributed by atoms with Crippen LogP contribution in [-0.2, 0) is 0 Å². The molecule has 11 heavy (non-hydrogen) atoms. The molecule has 0 aromatic rings. The summed E-state index contributed by atoms with van der Waals surface area (Å²) in [5.41, 5.74) is 0. The van der Waals surface area contributed by atoms with Crippen molar-refractivity contribution < 1.29 is 22.7 Å². The molecule has 0 aliphatic rings. The third-order valence-electron chi connectivity index (χ3n) is 1.29. The zero-order valence-corrected chi connectivity index (χ0v) is 6.08. The van der Waals surface area contributed by atoms with Crippen LogP contribution in [0.5, 0.6) is 0 Å². The summed E-state index contributed by atoms with van der Waals surface area (Å²) >= 11 is 0. The maximum atomic E-state index is 12.3. The highest BCUT2D eigenvalue weighted by Crippen LogP contribution is 2.36. The average Bonchev–Trinajstić information content (AvgIpc) is 1.81. The molecule has 0 spiro atoms. The van der Waals surface area contributed by atoms with Crippen molar-refractivity contribution in [3.63, 3.8) is 0 Å². The smallest absolute Gasteiger partial charge is 0.310 e. The minimum atomic E-state index is -4.00. The lowest BCUT2D eigenvalue weighted by molar-refractivity contribution is -0.201. The number of aliphatic hydroxyl groups excluding tert-OH is 1. The van der Waals surface area contributed by atoms with Crippen LogP contribution in [0.4, 0.5) is 17.6 Å². The van der Waals surface area contributed by atoms with Crippen molar-refractivity contribution in [3.05, 3.63) is 0 Å². The Kier molecular flexibility index (Phi) is 3.29. The van der Waals surface area contributed by atoms with Crippen molar-refractivity contribution in [1.82, 2.24) is 0 Å². The number of halogens is 4. The van der Waals surface area contributed by atoms with Crippen molar-refractivity contribution in [2.24, 2.45) is 0 Å². The van der Waals surface area contributed by atoms with E-state index in [0.29, 0.717) is 0 Å². The molecule has 0 aromatic heterocycles. The zero-order chi connectivity index (χ0) is 9.12. The normalized spacial score (nSPS) is 13.6. The Hall–Kier alpha value is -0.320. The van der Waals surface area contributed by atoms with Gasteiger partial charge in [-0.3, -0.25) is 0 Å². The van der Waals surface area contributed by atoms with Gasteiger partial charge in [0.15, 0.2) is 0 Å². The molecule has 0 unspecified atom stereocenters. The van der Waals surface area contributed by atoms with Crippen LogP contribution in [0.15, 0.2) is 0 Å². The predicted octanol–water partition coefficient (Wildman–Crippen LogP) is 2.05. The SMILES string of the molecule is CC(F)(F)C(F)(F)CCCO. The second-order valence-electron chi connectivity index (χ2n) is 2.42. The van der Waals surface area contributed by atoms with E-state index in [1.807, 2.05) is 0 Å². The van der Waals surface area contributed by atoms with E-state index in [1.165, 1.54) is 0 Å². The monoisotopic (exact) mass is 174 g/mol. The van der Waals surface area contributed by atoms with Crippen molar-refractivity contribution in [2.75, 3.05) is 6.61 Å². The Bertz CT molecular complexity index is 118. The third kappa shape index (κ3) is 3.05. The summed E-state index contributed by atoms with van der Waals surface area (Å²) in [4.78, 5) is 0. The Labute approximate surface area is 62.0 Å². The molecule has 0 saturated carbocycles. The molecule has 1 N–H and O–H groups in total. The zero-order valence-electron chi connectivity index (χ0n) is 6.08. The van der Waals surface area contributed by atoms with E-state index in [9.17, 15) is 17.6 Å². The highest BCUT2D eigenvalue weighted by molar-refractivity contribution is 4.79. The quantitative estimate of drug-likeness (QED) is 0.646. The number of hydrogen-bond acceptors (Lipinski definition) is 1. The first-order valence-electron chi connectivity index (χ1n) is 3.18. The third-order valence-corrected chi connectivity index (χ3v) is 1.29. The molecule has 0 fully saturated rings. The van der Waals surface area contributed by atoms with E-state index in [2.05, 4.69) is 0 Å². The standard InChI is InChI=1S/C6H10F4O/c1-5(7,8)6(9,10)3-2-4-11/h11H,2-4H2,1H3. The van der Waals surface area contributed by atoms with Crippen LogP contribution in [0.1, 0.15) is 19.8 Å². The van der Waals surface area contributed by atoms with Crippen molar-refractivity contribution in [2.45, 2.75) is 31.6 Å². The fourth-order valence-electron chi connectivity index (χ4n) is 0.521.